The van der Waals surface area contributed by atoms with Crippen molar-refractivity contribution < 1.29 is 14.8 Å². The van der Waals surface area contributed by atoms with Crippen molar-refractivity contribution in [3.63, 3.8) is 0 Å². The summed E-state index contributed by atoms with van der Waals surface area (Å²) in [6.07, 6.45) is 4.58. The van der Waals surface area contributed by atoms with Crippen LogP contribution in [0.15, 0.2) is 18.2 Å². The Bertz CT molecular complexity index is 594. The Morgan fingerprint density at radius 3 is 2.65 bits per heavy atom. The van der Waals surface area contributed by atoms with Gasteiger partial charge in [0.15, 0.2) is 0 Å². The molecule has 0 radical (unpaired) electrons. The molecular formula is C18H24N2O3. The highest BCUT2D eigenvalue weighted by molar-refractivity contribution is 5.83. The molecule has 0 spiro atoms. The number of ketones is 1. The van der Waals surface area contributed by atoms with Crippen molar-refractivity contribution in [1.82, 2.24) is 10.8 Å². The van der Waals surface area contributed by atoms with Crippen LogP contribution in [-0.2, 0) is 28.9 Å². The molecule has 3 rings (SSSR count). The maximum atomic E-state index is 12.4. The number of carbonyl (C=O) groups excluding carboxylic acids is 2. The van der Waals surface area contributed by atoms with Crippen molar-refractivity contribution >= 4 is 11.7 Å². The zero-order valence-corrected chi connectivity index (χ0v) is 13.3. The molecule has 1 saturated heterocycles. The molecule has 1 aromatic carbocycles. The van der Waals surface area contributed by atoms with Gasteiger partial charge in [0.1, 0.15) is 5.78 Å². The van der Waals surface area contributed by atoms with E-state index in [4.69, 9.17) is 5.21 Å². The number of piperidine rings is 1. The summed E-state index contributed by atoms with van der Waals surface area (Å²) in [4.78, 5) is 24.1. The number of fused-ring (bicyclic) bond motifs is 1. The molecule has 1 aromatic rings. The van der Waals surface area contributed by atoms with Gasteiger partial charge in [-0.3, -0.25) is 14.8 Å². The van der Waals surface area contributed by atoms with Gasteiger partial charge in [0.05, 0.1) is 0 Å². The molecule has 1 heterocycles. The molecule has 0 bridgehead atoms. The summed E-state index contributed by atoms with van der Waals surface area (Å²) in [6, 6.07) is 6.21. The molecule has 23 heavy (non-hydrogen) atoms. The van der Waals surface area contributed by atoms with E-state index in [1.807, 2.05) is 6.07 Å². The maximum absolute atomic E-state index is 12.4. The quantitative estimate of drug-likeness (QED) is 0.580. The normalized spacial score (nSPS) is 21.5. The number of hydroxylamine groups is 1. The molecule has 1 atom stereocenters. The summed E-state index contributed by atoms with van der Waals surface area (Å²) in [6.45, 7) is 1.86. The number of Topliss-reactive ketones (excluding diaryl/α,β-unsaturated/α-hetero) is 1. The van der Waals surface area contributed by atoms with E-state index in [0.717, 1.165) is 49.9 Å². The zero-order valence-electron chi connectivity index (χ0n) is 13.3. The van der Waals surface area contributed by atoms with Crippen molar-refractivity contribution in [3.05, 3.63) is 34.9 Å². The lowest BCUT2D eigenvalue weighted by Gasteiger charge is -2.24. The Labute approximate surface area is 136 Å². The second-order valence-electron chi connectivity index (χ2n) is 6.69. The number of rotatable bonds is 4. The lowest BCUT2D eigenvalue weighted by atomic mass is 9.82. The second kappa shape index (κ2) is 7.23. The maximum Gasteiger partial charge on any atom is 0.246 e. The van der Waals surface area contributed by atoms with Crippen LogP contribution in [-0.4, -0.2) is 30.0 Å². The first kappa shape index (κ1) is 16.1. The summed E-state index contributed by atoms with van der Waals surface area (Å²) < 4.78 is 0. The summed E-state index contributed by atoms with van der Waals surface area (Å²) >= 11 is 0. The van der Waals surface area contributed by atoms with Crippen LogP contribution in [0.1, 0.15) is 36.0 Å². The van der Waals surface area contributed by atoms with Gasteiger partial charge in [-0.15, -0.1) is 0 Å². The Hall–Kier alpha value is -1.72. The Balaban J connectivity index is 1.68. The smallest absolute Gasteiger partial charge is 0.246 e. The third-order valence-corrected chi connectivity index (χ3v) is 5.15. The molecule has 1 fully saturated rings. The van der Waals surface area contributed by atoms with Gasteiger partial charge in [-0.05, 0) is 61.9 Å². The molecule has 2 aliphatic rings. The van der Waals surface area contributed by atoms with Gasteiger partial charge in [-0.2, -0.15) is 0 Å². The van der Waals surface area contributed by atoms with Crippen molar-refractivity contribution in [2.75, 3.05) is 13.1 Å². The Morgan fingerprint density at radius 1 is 1.13 bits per heavy atom. The van der Waals surface area contributed by atoms with Gasteiger partial charge in [0, 0.05) is 18.3 Å². The van der Waals surface area contributed by atoms with E-state index in [2.05, 4.69) is 17.4 Å². The standard InChI is InChI=1S/C18H24N2O3/c21-17(14-5-7-19-8-6-14)10-12-1-2-13-3-4-15(18(22)20-23)11-16(13)9-12/h1-2,9,14-15,19,23H,3-8,10-11H2,(H,20,22). The van der Waals surface area contributed by atoms with E-state index in [1.54, 1.807) is 5.48 Å². The molecule has 0 saturated carbocycles. The number of carbonyl (C=O) groups is 2. The summed E-state index contributed by atoms with van der Waals surface area (Å²) in [5, 5.41) is 12.1. The monoisotopic (exact) mass is 316 g/mol. The van der Waals surface area contributed by atoms with Crippen LogP contribution < -0.4 is 10.8 Å². The third kappa shape index (κ3) is 3.79. The third-order valence-electron chi connectivity index (χ3n) is 5.15. The van der Waals surface area contributed by atoms with E-state index < -0.39 is 0 Å². The summed E-state index contributed by atoms with van der Waals surface area (Å²) in [5.74, 6) is 0.0156. The largest absolute Gasteiger partial charge is 0.317 e. The van der Waals surface area contributed by atoms with Gasteiger partial charge in [-0.1, -0.05) is 18.2 Å². The molecule has 5 nitrogen and oxygen atoms in total. The summed E-state index contributed by atoms with van der Waals surface area (Å²) in [5.41, 5.74) is 5.19. The average molecular weight is 316 g/mol. The van der Waals surface area contributed by atoms with E-state index >= 15 is 0 Å². The molecule has 124 valence electrons. The fraction of sp³-hybridized carbons (Fsp3) is 0.556. The fourth-order valence-electron chi connectivity index (χ4n) is 3.72. The Kier molecular flexibility index (Phi) is 5.08. The van der Waals surface area contributed by atoms with Crippen LogP contribution in [0, 0.1) is 11.8 Å². The van der Waals surface area contributed by atoms with E-state index in [9.17, 15) is 9.59 Å². The average Bonchev–Trinajstić information content (AvgIpc) is 2.61. The van der Waals surface area contributed by atoms with Gasteiger partial charge < -0.3 is 5.32 Å². The van der Waals surface area contributed by atoms with Gasteiger partial charge in [-0.25, -0.2) is 5.48 Å². The van der Waals surface area contributed by atoms with Crippen molar-refractivity contribution in [3.8, 4) is 0 Å². The first-order valence-corrected chi connectivity index (χ1v) is 8.45. The van der Waals surface area contributed by atoms with Crippen LogP contribution in [0.3, 0.4) is 0 Å². The predicted octanol–water partition coefficient (Wildman–Crippen LogP) is 1.41. The number of nitrogens with one attached hydrogen (secondary N) is 2. The fourth-order valence-corrected chi connectivity index (χ4v) is 3.72. The first-order chi connectivity index (χ1) is 11.2. The van der Waals surface area contributed by atoms with Crippen molar-refractivity contribution in [2.45, 2.75) is 38.5 Å². The van der Waals surface area contributed by atoms with Gasteiger partial charge in [0.25, 0.3) is 0 Å². The highest BCUT2D eigenvalue weighted by Crippen LogP contribution is 2.27. The van der Waals surface area contributed by atoms with Crippen molar-refractivity contribution in [1.29, 1.82) is 0 Å². The van der Waals surface area contributed by atoms with Crippen LogP contribution in [0.4, 0.5) is 0 Å². The topological polar surface area (TPSA) is 78.4 Å². The number of aryl methyl sites for hydroxylation is 1. The number of amides is 1. The van der Waals surface area contributed by atoms with Crippen LogP contribution >= 0.6 is 0 Å². The summed E-state index contributed by atoms with van der Waals surface area (Å²) in [7, 11) is 0. The molecule has 0 aromatic heterocycles. The zero-order chi connectivity index (χ0) is 16.2. The first-order valence-electron chi connectivity index (χ1n) is 8.45. The van der Waals surface area contributed by atoms with E-state index in [1.165, 1.54) is 5.56 Å². The second-order valence-corrected chi connectivity index (χ2v) is 6.69. The van der Waals surface area contributed by atoms with Gasteiger partial charge >= 0.3 is 0 Å². The molecule has 1 aliphatic carbocycles. The van der Waals surface area contributed by atoms with E-state index in [0.29, 0.717) is 18.6 Å². The number of hydrogen-bond acceptors (Lipinski definition) is 4. The molecule has 1 unspecified atom stereocenters. The van der Waals surface area contributed by atoms with Crippen LogP contribution in [0.25, 0.3) is 0 Å². The van der Waals surface area contributed by atoms with Crippen LogP contribution in [0.5, 0.6) is 0 Å². The lowest BCUT2D eigenvalue weighted by molar-refractivity contribution is -0.133. The SMILES string of the molecule is O=C(Cc1ccc2c(c1)CC(C(=O)NO)CC2)C1CCNCC1. The predicted molar refractivity (Wildman–Crippen MR) is 86.2 cm³/mol. The minimum atomic E-state index is -0.313. The van der Waals surface area contributed by atoms with Crippen LogP contribution in [0.2, 0.25) is 0 Å². The molecule has 5 heteroatoms. The minimum absolute atomic E-state index is 0.178. The molecular weight excluding hydrogens is 292 g/mol. The van der Waals surface area contributed by atoms with Gasteiger partial charge in [0.2, 0.25) is 5.91 Å². The van der Waals surface area contributed by atoms with Crippen molar-refractivity contribution in [2.24, 2.45) is 11.8 Å². The molecule has 3 N–H and O–H groups in total. The number of benzene rings is 1. The lowest BCUT2D eigenvalue weighted by Crippen LogP contribution is -2.33. The Morgan fingerprint density at radius 2 is 1.91 bits per heavy atom. The number of hydrogen-bond donors (Lipinski definition) is 3. The highest BCUT2D eigenvalue weighted by Gasteiger charge is 2.25. The molecule has 1 aliphatic heterocycles. The highest BCUT2D eigenvalue weighted by atomic mass is 16.5. The minimum Gasteiger partial charge on any atom is -0.317 e. The van der Waals surface area contributed by atoms with E-state index in [-0.39, 0.29) is 17.7 Å². The molecule has 1 amide bonds.